The summed E-state index contributed by atoms with van der Waals surface area (Å²) in [4.78, 5) is 10.4. The Morgan fingerprint density at radius 3 is 2.75 bits per heavy atom. The van der Waals surface area contributed by atoms with Crippen LogP contribution >= 0.6 is 0 Å². The number of carboxylic acid groups (broad SMARTS) is 1. The van der Waals surface area contributed by atoms with Crippen molar-refractivity contribution < 1.29 is 9.90 Å². The number of hydrogen-bond acceptors (Lipinski definition) is 3. The number of aromatic nitrogens is 3. The molecule has 16 heavy (non-hydrogen) atoms. The standard InChI is InChI=1S/C11H19N3O2/c1-3-4-6-10-13-12-9(2)14(10)8-5-7-11(15)16/h3-8H2,1-2H3,(H,15,16). The van der Waals surface area contributed by atoms with E-state index in [0.29, 0.717) is 13.0 Å². The number of unbranched alkanes of at least 4 members (excludes halogenated alkanes) is 1. The Kier molecular flexibility index (Phi) is 4.95. The zero-order valence-electron chi connectivity index (χ0n) is 9.94. The van der Waals surface area contributed by atoms with Gasteiger partial charge in [0.05, 0.1) is 0 Å². The molecule has 0 saturated carbocycles. The van der Waals surface area contributed by atoms with E-state index in [0.717, 1.165) is 30.9 Å². The lowest BCUT2D eigenvalue weighted by Crippen LogP contribution is -2.08. The lowest BCUT2D eigenvalue weighted by atomic mass is 10.2. The minimum atomic E-state index is -0.749. The molecule has 1 aromatic rings. The van der Waals surface area contributed by atoms with E-state index in [1.807, 2.05) is 11.5 Å². The van der Waals surface area contributed by atoms with Gasteiger partial charge in [-0.25, -0.2) is 0 Å². The molecular weight excluding hydrogens is 206 g/mol. The Labute approximate surface area is 95.5 Å². The SMILES string of the molecule is CCCCc1nnc(C)n1CCCC(=O)O. The van der Waals surface area contributed by atoms with E-state index >= 15 is 0 Å². The fourth-order valence-corrected chi connectivity index (χ4v) is 1.62. The van der Waals surface area contributed by atoms with E-state index in [-0.39, 0.29) is 6.42 Å². The van der Waals surface area contributed by atoms with Crippen LogP contribution < -0.4 is 0 Å². The van der Waals surface area contributed by atoms with Gasteiger partial charge in [-0.05, 0) is 19.8 Å². The van der Waals surface area contributed by atoms with Gasteiger partial charge in [0.15, 0.2) is 0 Å². The van der Waals surface area contributed by atoms with Crippen molar-refractivity contribution in [1.29, 1.82) is 0 Å². The van der Waals surface area contributed by atoms with Crippen molar-refractivity contribution in [1.82, 2.24) is 14.8 Å². The fraction of sp³-hybridized carbons (Fsp3) is 0.727. The monoisotopic (exact) mass is 225 g/mol. The first-order valence-corrected chi connectivity index (χ1v) is 5.75. The van der Waals surface area contributed by atoms with E-state index < -0.39 is 5.97 Å². The van der Waals surface area contributed by atoms with Gasteiger partial charge in [0.2, 0.25) is 0 Å². The van der Waals surface area contributed by atoms with Crippen LogP contribution in [0, 0.1) is 6.92 Å². The molecule has 90 valence electrons. The molecule has 0 atom stereocenters. The summed E-state index contributed by atoms with van der Waals surface area (Å²) < 4.78 is 2.03. The molecule has 1 N–H and O–H groups in total. The maximum atomic E-state index is 10.4. The molecule has 5 nitrogen and oxygen atoms in total. The maximum Gasteiger partial charge on any atom is 0.303 e. The summed E-state index contributed by atoms with van der Waals surface area (Å²) in [7, 11) is 0. The van der Waals surface area contributed by atoms with Gasteiger partial charge in [0.25, 0.3) is 0 Å². The number of carboxylic acids is 1. The van der Waals surface area contributed by atoms with Gasteiger partial charge in [-0.2, -0.15) is 0 Å². The van der Waals surface area contributed by atoms with Crippen LogP contribution in [0.5, 0.6) is 0 Å². The molecule has 5 heteroatoms. The van der Waals surface area contributed by atoms with E-state index in [2.05, 4.69) is 17.1 Å². The fourth-order valence-electron chi connectivity index (χ4n) is 1.62. The van der Waals surface area contributed by atoms with Crippen molar-refractivity contribution >= 4 is 5.97 Å². The minimum absolute atomic E-state index is 0.199. The molecule has 0 unspecified atom stereocenters. The van der Waals surface area contributed by atoms with Crippen molar-refractivity contribution in [3.63, 3.8) is 0 Å². The summed E-state index contributed by atoms with van der Waals surface area (Å²) in [6.45, 7) is 4.74. The quantitative estimate of drug-likeness (QED) is 0.768. The minimum Gasteiger partial charge on any atom is -0.481 e. The van der Waals surface area contributed by atoms with Gasteiger partial charge < -0.3 is 9.67 Å². The number of carbonyl (C=O) groups is 1. The first-order chi connectivity index (χ1) is 7.65. The average Bonchev–Trinajstić information content (AvgIpc) is 2.57. The van der Waals surface area contributed by atoms with E-state index in [4.69, 9.17) is 5.11 Å². The molecule has 1 rings (SSSR count). The molecule has 0 bridgehead atoms. The van der Waals surface area contributed by atoms with Gasteiger partial charge in [-0.15, -0.1) is 10.2 Å². The van der Waals surface area contributed by atoms with Crippen molar-refractivity contribution in [3.8, 4) is 0 Å². The van der Waals surface area contributed by atoms with E-state index in [9.17, 15) is 4.79 Å². The van der Waals surface area contributed by atoms with Crippen LogP contribution in [-0.4, -0.2) is 25.8 Å². The maximum absolute atomic E-state index is 10.4. The summed E-state index contributed by atoms with van der Waals surface area (Å²) in [5, 5.41) is 16.7. The summed E-state index contributed by atoms with van der Waals surface area (Å²) in [6, 6.07) is 0. The van der Waals surface area contributed by atoms with Crippen LogP contribution in [0.25, 0.3) is 0 Å². The predicted molar refractivity (Wildman–Crippen MR) is 60.2 cm³/mol. The van der Waals surface area contributed by atoms with Crippen molar-refractivity contribution in [3.05, 3.63) is 11.6 Å². The average molecular weight is 225 g/mol. The largest absolute Gasteiger partial charge is 0.481 e. The van der Waals surface area contributed by atoms with Crippen molar-refractivity contribution in [2.24, 2.45) is 0 Å². The summed E-state index contributed by atoms with van der Waals surface area (Å²) in [5.41, 5.74) is 0. The first kappa shape index (κ1) is 12.7. The molecule has 1 aromatic heterocycles. The van der Waals surface area contributed by atoms with Gasteiger partial charge in [0.1, 0.15) is 11.6 Å². The first-order valence-electron chi connectivity index (χ1n) is 5.75. The number of aliphatic carboxylic acids is 1. The zero-order valence-corrected chi connectivity index (χ0v) is 9.94. The molecule has 0 radical (unpaired) electrons. The smallest absolute Gasteiger partial charge is 0.303 e. The molecule has 0 spiro atoms. The van der Waals surface area contributed by atoms with Crippen LogP contribution in [-0.2, 0) is 17.8 Å². The van der Waals surface area contributed by atoms with E-state index in [1.54, 1.807) is 0 Å². The Balaban J connectivity index is 2.55. The second-order valence-corrected chi connectivity index (χ2v) is 3.92. The Morgan fingerprint density at radius 1 is 1.38 bits per heavy atom. The number of hydrogen-bond donors (Lipinski definition) is 1. The summed E-state index contributed by atoms with van der Waals surface area (Å²) in [5.74, 6) is 1.10. The summed E-state index contributed by atoms with van der Waals surface area (Å²) in [6.07, 6.45) is 3.97. The lowest BCUT2D eigenvalue weighted by Gasteiger charge is -2.07. The van der Waals surface area contributed by atoms with Gasteiger partial charge in [-0.1, -0.05) is 13.3 Å². The third-order valence-corrected chi connectivity index (χ3v) is 2.54. The normalized spacial score (nSPS) is 10.6. The van der Waals surface area contributed by atoms with Crippen LogP contribution in [0.15, 0.2) is 0 Å². The molecule has 0 amide bonds. The third kappa shape index (κ3) is 3.64. The molecule has 0 fully saturated rings. The number of nitrogens with zero attached hydrogens (tertiary/aromatic N) is 3. The molecule has 1 heterocycles. The highest BCUT2D eigenvalue weighted by atomic mass is 16.4. The zero-order chi connectivity index (χ0) is 12.0. The highest BCUT2D eigenvalue weighted by molar-refractivity contribution is 5.66. The number of rotatable bonds is 7. The van der Waals surface area contributed by atoms with Crippen molar-refractivity contribution in [2.75, 3.05) is 0 Å². The topological polar surface area (TPSA) is 68.0 Å². The van der Waals surface area contributed by atoms with Crippen LogP contribution in [0.1, 0.15) is 44.3 Å². The Hall–Kier alpha value is -1.39. The molecule has 0 aromatic carbocycles. The second-order valence-electron chi connectivity index (χ2n) is 3.92. The highest BCUT2D eigenvalue weighted by Gasteiger charge is 2.08. The van der Waals surface area contributed by atoms with E-state index in [1.165, 1.54) is 0 Å². The number of aryl methyl sites for hydroxylation is 2. The van der Waals surface area contributed by atoms with Crippen LogP contribution in [0.3, 0.4) is 0 Å². The molecule has 0 aliphatic heterocycles. The molecule has 0 saturated heterocycles. The third-order valence-electron chi connectivity index (χ3n) is 2.54. The van der Waals surface area contributed by atoms with Gasteiger partial charge in [0, 0.05) is 19.4 Å². The van der Waals surface area contributed by atoms with Crippen molar-refractivity contribution in [2.45, 2.75) is 52.5 Å². The van der Waals surface area contributed by atoms with Gasteiger partial charge >= 0.3 is 5.97 Å². The lowest BCUT2D eigenvalue weighted by molar-refractivity contribution is -0.137. The Morgan fingerprint density at radius 2 is 2.12 bits per heavy atom. The molecule has 0 aliphatic rings. The second kappa shape index (κ2) is 6.25. The summed E-state index contributed by atoms with van der Waals surface area (Å²) >= 11 is 0. The molecular formula is C11H19N3O2. The van der Waals surface area contributed by atoms with Crippen LogP contribution in [0.4, 0.5) is 0 Å². The Bertz CT molecular complexity index is 347. The molecule has 0 aliphatic carbocycles. The van der Waals surface area contributed by atoms with Crippen LogP contribution in [0.2, 0.25) is 0 Å². The predicted octanol–water partition coefficient (Wildman–Crippen LogP) is 1.79. The highest BCUT2D eigenvalue weighted by Crippen LogP contribution is 2.07. The van der Waals surface area contributed by atoms with Gasteiger partial charge in [-0.3, -0.25) is 4.79 Å².